The van der Waals surface area contributed by atoms with Crippen molar-refractivity contribution in [3.63, 3.8) is 0 Å². The van der Waals surface area contributed by atoms with E-state index >= 15 is 0 Å². The molecular formula is C16H23N3. The van der Waals surface area contributed by atoms with E-state index in [0.29, 0.717) is 0 Å². The molecule has 1 aliphatic heterocycles. The van der Waals surface area contributed by atoms with Gasteiger partial charge in [0.25, 0.3) is 0 Å². The van der Waals surface area contributed by atoms with Gasteiger partial charge in [-0.15, -0.1) is 0 Å². The first-order valence-electron chi connectivity index (χ1n) is 7.20. The summed E-state index contributed by atoms with van der Waals surface area (Å²) in [5.41, 5.74) is 1.02. The van der Waals surface area contributed by atoms with Crippen LogP contribution in [0.25, 0.3) is 0 Å². The molecule has 1 N–H and O–H groups in total. The molecule has 0 atom stereocenters. The Bertz CT molecular complexity index is 413. The molecule has 0 spiro atoms. The Morgan fingerprint density at radius 3 is 2.53 bits per heavy atom. The van der Waals surface area contributed by atoms with E-state index in [1.54, 1.807) is 0 Å². The third-order valence-electron chi connectivity index (χ3n) is 4.09. The Morgan fingerprint density at radius 2 is 1.95 bits per heavy atom. The molecule has 0 aliphatic carbocycles. The number of hydrogen-bond acceptors (Lipinski definition) is 3. The van der Waals surface area contributed by atoms with E-state index < -0.39 is 0 Å². The Hall–Kier alpha value is -1.37. The highest BCUT2D eigenvalue weighted by Crippen LogP contribution is 2.21. The van der Waals surface area contributed by atoms with Gasteiger partial charge in [-0.3, -0.25) is 5.32 Å². The lowest BCUT2D eigenvalue weighted by molar-refractivity contribution is 0.174. The average molecular weight is 257 g/mol. The van der Waals surface area contributed by atoms with Gasteiger partial charge in [-0.1, -0.05) is 37.3 Å². The van der Waals surface area contributed by atoms with Crippen molar-refractivity contribution in [2.45, 2.75) is 31.7 Å². The third kappa shape index (κ3) is 3.79. The quantitative estimate of drug-likeness (QED) is 0.879. The van der Waals surface area contributed by atoms with Gasteiger partial charge in [0, 0.05) is 19.6 Å². The van der Waals surface area contributed by atoms with Crippen LogP contribution in [0.5, 0.6) is 0 Å². The predicted molar refractivity (Wildman–Crippen MR) is 77.8 cm³/mol. The summed E-state index contributed by atoms with van der Waals surface area (Å²) in [5, 5.41) is 13.0. The molecule has 102 valence electrons. The maximum atomic E-state index is 9.47. The first kappa shape index (κ1) is 14.0. The van der Waals surface area contributed by atoms with Crippen LogP contribution in [0.1, 0.15) is 25.3 Å². The van der Waals surface area contributed by atoms with Crippen LogP contribution in [0.2, 0.25) is 0 Å². The lowest BCUT2D eigenvalue weighted by Crippen LogP contribution is -2.52. The molecule has 1 aromatic carbocycles. The van der Waals surface area contributed by atoms with Gasteiger partial charge in [0.1, 0.15) is 5.54 Å². The molecule has 0 radical (unpaired) electrons. The maximum Gasteiger partial charge on any atom is 0.109 e. The molecule has 0 bridgehead atoms. The lowest BCUT2D eigenvalue weighted by atomic mass is 9.88. The molecule has 1 aliphatic rings. The van der Waals surface area contributed by atoms with Gasteiger partial charge in [-0.05, 0) is 31.4 Å². The van der Waals surface area contributed by atoms with Crippen molar-refractivity contribution in [1.29, 1.82) is 5.26 Å². The second-order valence-corrected chi connectivity index (χ2v) is 5.29. The van der Waals surface area contributed by atoms with Crippen molar-refractivity contribution >= 4 is 0 Å². The van der Waals surface area contributed by atoms with Crippen molar-refractivity contribution in [2.24, 2.45) is 0 Å². The number of nitriles is 1. The number of nitrogens with one attached hydrogen (secondary N) is 1. The number of piperidine rings is 1. The Balaban J connectivity index is 1.82. The van der Waals surface area contributed by atoms with Crippen LogP contribution in [-0.4, -0.2) is 36.6 Å². The highest BCUT2D eigenvalue weighted by molar-refractivity contribution is 5.16. The summed E-state index contributed by atoms with van der Waals surface area (Å²) in [7, 11) is 0. The van der Waals surface area contributed by atoms with Gasteiger partial charge in [0.15, 0.2) is 0 Å². The van der Waals surface area contributed by atoms with Crippen molar-refractivity contribution in [3.8, 4) is 6.07 Å². The van der Waals surface area contributed by atoms with Crippen molar-refractivity contribution in [2.75, 3.05) is 26.2 Å². The van der Waals surface area contributed by atoms with E-state index in [4.69, 9.17) is 0 Å². The monoisotopic (exact) mass is 257 g/mol. The van der Waals surface area contributed by atoms with Crippen molar-refractivity contribution < 1.29 is 0 Å². The largest absolute Gasteiger partial charge is 0.303 e. The summed E-state index contributed by atoms with van der Waals surface area (Å²) in [6.45, 7) is 6.21. The van der Waals surface area contributed by atoms with Gasteiger partial charge in [-0.2, -0.15) is 5.26 Å². The van der Waals surface area contributed by atoms with E-state index in [1.165, 1.54) is 5.56 Å². The molecule has 1 saturated heterocycles. The molecule has 0 aromatic heterocycles. The molecule has 3 nitrogen and oxygen atoms in total. The predicted octanol–water partition coefficient (Wildman–Crippen LogP) is 2.20. The van der Waals surface area contributed by atoms with Crippen LogP contribution in [-0.2, 0) is 6.42 Å². The second kappa shape index (κ2) is 6.70. The summed E-state index contributed by atoms with van der Waals surface area (Å²) in [6.07, 6.45) is 2.86. The number of rotatable bonds is 5. The summed E-state index contributed by atoms with van der Waals surface area (Å²) in [4.78, 5) is 2.41. The normalized spacial score (nSPS) is 18.9. The van der Waals surface area contributed by atoms with Gasteiger partial charge in [-0.25, -0.2) is 0 Å². The molecule has 0 saturated carbocycles. The van der Waals surface area contributed by atoms with Gasteiger partial charge < -0.3 is 4.90 Å². The van der Waals surface area contributed by atoms with Crippen molar-refractivity contribution in [3.05, 3.63) is 35.9 Å². The van der Waals surface area contributed by atoms with Crippen LogP contribution in [0.4, 0.5) is 0 Å². The summed E-state index contributed by atoms with van der Waals surface area (Å²) >= 11 is 0. The minimum atomic E-state index is -0.305. The third-order valence-corrected chi connectivity index (χ3v) is 4.09. The zero-order chi connectivity index (χ0) is 13.6. The number of benzene rings is 1. The summed E-state index contributed by atoms with van der Waals surface area (Å²) in [6, 6.07) is 13.0. The van der Waals surface area contributed by atoms with Crippen LogP contribution in [0.15, 0.2) is 30.3 Å². The fourth-order valence-corrected chi connectivity index (χ4v) is 2.67. The van der Waals surface area contributed by atoms with Crippen molar-refractivity contribution in [1.82, 2.24) is 10.2 Å². The summed E-state index contributed by atoms with van der Waals surface area (Å²) in [5.74, 6) is 0. The molecule has 1 heterocycles. The fraction of sp³-hybridized carbons (Fsp3) is 0.562. The Kier molecular flexibility index (Phi) is 4.95. The van der Waals surface area contributed by atoms with Gasteiger partial charge in [0.05, 0.1) is 6.07 Å². The zero-order valence-corrected chi connectivity index (χ0v) is 11.7. The molecule has 19 heavy (non-hydrogen) atoms. The minimum Gasteiger partial charge on any atom is -0.303 e. The maximum absolute atomic E-state index is 9.47. The number of hydrogen-bond donors (Lipinski definition) is 1. The van der Waals surface area contributed by atoms with E-state index in [0.717, 1.165) is 45.4 Å². The molecule has 3 heteroatoms. The Morgan fingerprint density at radius 1 is 1.26 bits per heavy atom. The van der Waals surface area contributed by atoms with Crippen LogP contribution in [0.3, 0.4) is 0 Å². The smallest absolute Gasteiger partial charge is 0.109 e. The first-order valence-corrected chi connectivity index (χ1v) is 7.20. The van der Waals surface area contributed by atoms with E-state index in [2.05, 4.69) is 47.5 Å². The highest BCUT2D eigenvalue weighted by atomic mass is 15.1. The lowest BCUT2D eigenvalue weighted by Gasteiger charge is -2.37. The van der Waals surface area contributed by atoms with Crippen LogP contribution < -0.4 is 5.32 Å². The second-order valence-electron chi connectivity index (χ2n) is 5.29. The fourth-order valence-electron chi connectivity index (χ4n) is 2.67. The van der Waals surface area contributed by atoms with E-state index in [9.17, 15) is 5.26 Å². The van der Waals surface area contributed by atoms with Crippen LogP contribution >= 0.6 is 0 Å². The molecule has 2 rings (SSSR count). The average Bonchev–Trinajstić information content (AvgIpc) is 2.49. The summed E-state index contributed by atoms with van der Waals surface area (Å²) < 4.78 is 0. The number of nitrogens with zero attached hydrogens (tertiary/aromatic N) is 2. The SMILES string of the molecule is CCN1CCC(C#N)(NCCc2ccccc2)CC1. The van der Waals surface area contributed by atoms with E-state index in [-0.39, 0.29) is 5.54 Å². The van der Waals surface area contributed by atoms with Crippen LogP contribution in [0, 0.1) is 11.3 Å². The number of likely N-dealkylation sites (tertiary alicyclic amines) is 1. The standard InChI is InChI=1S/C16H23N3/c1-2-19-12-9-16(14-17,10-13-19)18-11-8-15-6-4-3-5-7-15/h3-7,18H,2,8-13H2,1H3. The molecule has 1 aromatic rings. The molecule has 1 fully saturated rings. The highest BCUT2D eigenvalue weighted by Gasteiger charge is 2.33. The molecular weight excluding hydrogens is 234 g/mol. The Labute approximate surface area is 116 Å². The molecule has 0 amide bonds. The zero-order valence-electron chi connectivity index (χ0n) is 11.7. The first-order chi connectivity index (χ1) is 9.28. The van der Waals surface area contributed by atoms with E-state index in [1.807, 2.05) is 6.07 Å². The van der Waals surface area contributed by atoms with Gasteiger partial charge in [0.2, 0.25) is 0 Å². The minimum absolute atomic E-state index is 0.305. The topological polar surface area (TPSA) is 39.1 Å². The van der Waals surface area contributed by atoms with Gasteiger partial charge >= 0.3 is 0 Å². The molecule has 0 unspecified atom stereocenters.